The molecule has 1 rings (SSSR count). The van der Waals surface area contributed by atoms with Crippen LogP contribution in [0.15, 0.2) is 0 Å². The van der Waals surface area contributed by atoms with E-state index in [0.29, 0.717) is 13.0 Å². The summed E-state index contributed by atoms with van der Waals surface area (Å²) < 4.78 is 26.0. The number of nitrogens with one attached hydrogen (secondary N) is 1. The van der Waals surface area contributed by atoms with E-state index in [1.165, 1.54) is 0 Å². The molecule has 1 aliphatic heterocycles. The SMILES string of the molecule is CC(O)(CN1CCCNS1(=O)=O)C(=O)O. The van der Waals surface area contributed by atoms with Crippen LogP contribution in [-0.4, -0.2) is 54.1 Å². The molecular weight excluding hydrogens is 224 g/mol. The van der Waals surface area contributed by atoms with Crippen molar-refractivity contribution in [2.24, 2.45) is 0 Å². The maximum atomic E-state index is 11.4. The Morgan fingerprint density at radius 1 is 1.60 bits per heavy atom. The quantitative estimate of drug-likeness (QED) is 0.547. The van der Waals surface area contributed by atoms with Crippen LogP contribution in [0.5, 0.6) is 0 Å². The number of hydrogen-bond acceptors (Lipinski definition) is 4. The number of β-amino-alcohol motifs (C(OH)–C–C–N with tert-alkyl or cyclic N) is 1. The van der Waals surface area contributed by atoms with E-state index in [9.17, 15) is 18.3 Å². The third-order valence-electron chi connectivity index (χ3n) is 2.15. The maximum Gasteiger partial charge on any atom is 0.336 e. The van der Waals surface area contributed by atoms with Gasteiger partial charge in [-0.2, -0.15) is 12.7 Å². The van der Waals surface area contributed by atoms with Crippen molar-refractivity contribution < 1.29 is 23.4 Å². The summed E-state index contributed by atoms with van der Waals surface area (Å²) in [6.07, 6.45) is 0.592. The molecule has 0 radical (unpaired) electrons. The van der Waals surface area contributed by atoms with Gasteiger partial charge in [0.25, 0.3) is 10.2 Å². The molecule has 8 heteroatoms. The summed E-state index contributed by atoms with van der Waals surface area (Å²) in [6, 6.07) is 0. The highest BCUT2D eigenvalue weighted by Crippen LogP contribution is 2.12. The van der Waals surface area contributed by atoms with Crippen molar-refractivity contribution >= 4 is 16.2 Å². The van der Waals surface area contributed by atoms with Crippen molar-refractivity contribution in [1.82, 2.24) is 9.03 Å². The third-order valence-corrected chi connectivity index (χ3v) is 3.71. The Hall–Kier alpha value is -0.700. The molecule has 0 aliphatic carbocycles. The minimum Gasteiger partial charge on any atom is -0.479 e. The van der Waals surface area contributed by atoms with Crippen molar-refractivity contribution in [3.63, 3.8) is 0 Å². The standard InChI is InChI=1S/C7H14N2O5S/c1-7(12,6(10)11)5-9-4-2-3-8-15(9,13)14/h8,12H,2-5H2,1H3,(H,10,11). The number of hydrogen-bond donors (Lipinski definition) is 3. The van der Waals surface area contributed by atoms with Crippen LogP contribution < -0.4 is 4.72 Å². The van der Waals surface area contributed by atoms with Crippen molar-refractivity contribution in [3.05, 3.63) is 0 Å². The Labute approximate surface area is 87.9 Å². The molecule has 0 amide bonds. The van der Waals surface area contributed by atoms with Gasteiger partial charge in [0.15, 0.2) is 5.60 Å². The number of carboxylic acids is 1. The van der Waals surface area contributed by atoms with Crippen molar-refractivity contribution in [2.45, 2.75) is 18.9 Å². The lowest BCUT2D eigenvalue weighted by Crippen LogP contribution is -2.54. The van der Waals surface area contributed by atoms with E-state index in [1.807, 2.05) is 0 Å². The molecule has 0 aromatic heterocycles. The van der Waals surface area contributed by atoms with E-state index < -0.39 is 28.3 Å². The first-order valence-electron chi connectivity index (χ1n) is 4.46. The molecular formula is C7H14N2O5S. The highest BCUT2D eigenvalue weighted by atomic mass is 32.2. The zero-order chi connectivity index (χ0) is 11.7. The lowest BCUT2D eigenvalue weighted by molar-refractivity contribution is -0.157. The molecule has 0 aromatic rings. The fourth-order valence-electron chi connectivity index (χ4n) is 1.24. The molecule has 1 unspecified atom stereocenters. The molecule has 0 saturated carbocycles. The van der Waals surface area contributed by atoms with Gasteiger partial charge in [-0.05, 0) is 13.3 Å². The van der Waals surface area contributed by atoms with Crippen LogP contribution in [0.3, 0.4) is 0 Å². The summed E-state index contributed by atoms with van der Waals surface area (Å²) in [7, 11) is -3.63. The summed E-state index contributed by atoms with van der Waals surface area (Å²) in [5, 5.41) is 18.1. The molecule has 0 spiro atoms. The van der Waals surface area contributed by atoms with E-state index in [4.69, 9.17) is 5.11 Å². The summed E-state index contributed by atoms with van der Waals surface area (Å²) in [5.74, 6) is -1.44. The molecule has 15 heavy (non-hydrogen) atoms. The molecule has 1 saturated heterocycles. The predicted octanol–water partition coefficient (Wildman–Crippen LogP) is -1.64. The van der Waals surface area contributed by atoms with Crippen LogP contribution in [0.25, 0.3) is 0 Å². The molecule has 1 heterocycles. The van der Waals surface area contributed by atoms with Crippen molar-refractivity contribution in [2.75, 3.05) is 19.6 Å². The van der Waals surface area contributed by atoms with Gasteiger partial charge in [-0.25, -0.2) is 9.52 Å². The second kappa shape index (κ2) is 4.05. The van der Waals surface area contributed by atoms with Crippen molar-refractivity contribution in [1.29, 1.82) is 0 Å². The number of rotatable bonds is 3. The minimum absolute atomic E-state index is 0.221. The van der Waals surface area contributed by atoms with Crippen LogP contribution in [0.4, 0.5) is 0 Å². The van der Waals surface area contributed by atoms with Gasteiger partial charge >= 0.3 is 5.97 Å². The maximum absolute atomic E-state index is 11.4. The van der Waals surface area contributed by atoms with Gasteiger partial charge in [0.1, 0.15) is 0 Å². The van der Waals surface area contributed by atoms with Crippen LogP contribution >= 0.6 is 0 Å². The number of aliphatic carboxylic acids is 1. The topological polar surface area (TPSA) is 107 Å². The fraction of sp³-hybridized carbons (Fsp3) is 0.857. The molecule has 0 aromatic carbocycles. The summed E-state index contributed by atoms with van der Waals surface area (Å²) in [5.41, 5.74) is -2.06. The van der Waals surface area contributed by atoms with E-state index >= 15 is 0 Å². The van der Waals surface area contributed by atoms with Crippen molar-refractivity contribution in [3.8, 4) is 0 Å². The predicted molar refractivity (Wildman–Crippen MR) is 51.4 cm³/mol. The van der Waals surface area contributed by atoms with Crippen LogP contribution in [0.1, 0.15) is 13.3 Å². The van der Waals surface area contributed by atoms with Gasteiger partial charge in [0, 0.05) is 13.1 Å². The van der Waals surface area contributed by atoms with Gasteiger partial charge in [-0.15, -0.1) is 0 Å². The smallest absolute Gasteiger partial charge is 0.336 e. The second-order valence-electron chi connectivity index (χ2n) is 3.67. The molecule has 1 fully saturated rings. The molecule has 1 aliphatic rings. The van der Waals surface area contributed by atoms with Gasteiger partial charge in [-0.3, -0.25) is 0 Å². The fourth-order valence-corrected chi connectivity index (χ4v) is 2.62. The molecule has 3 N–H and O–H groups in total. The lowest BCUT2D eigenvalue weighted by atomic mass is 10.1. The van der Waals surface area contributed by atoms with Gasteiger partial charge in [0.05, 0.1) is 6.54 Å². The van der Waals surface area contributed by atoms with Crippen LogP contribution in [0.2, 0.25) is 0 Å². The van der Waals surface area contributed by atoms with Crippen LogP contribution in [-0.2, 0) is 15.0 Å². The highest BCUT2D eigenvalue weighted by molar-refractivity contribution is 7.87. The average molecular weight is 238 g/mol. The van der Waals surface area contributed by atoms with E-state index in [1.54, 1.807) is 0 Å². The summed E-state index contributed by atoms with van der Waals surface area (Å²) >= 11 is 0. The molecule has 1 atom stereocenters. The Morgan fingerprint density at radius 3 is 2.67 bits per heavy atom. The van der Waals surface area contributed by atoms with E-state index in [2.05, 4.69) is 4.72 Å². The molecule has 0 bridgehead atoms. The first-order valence-corrected chi connectivity index (χ1v) is 5.90. The summed E-state index contributed by atoms with van der Waals surface area (Å²) in [4.78, 5) is 10.6. The number of carboxylic acid groups (broad SMARTS) is 1. The normalized spacial score (nSPS) is 25.7. The van der Waals surface area contributed by atoms with E-state index in [0.717, 1.165) is 11.2 Å². The summed E-state index contributed by atoms with van der Waals surface area (Å²) in [6.45, 7) is 1.18. The first-order chi connectivity index (χ1) is 6.76. The Kier molecular flexibility index (Phi) is 3.34. The highest BCUT2D eigenvalue weighted by Gasteiger charge is 2.37. The Morgan fingerprint density at radius 2 is 2.20 bits per heavy atom. The molecule has 7 nitrogen and oxygen atoms in total. The van der Waals surface area contributed by atoms with Gasteiger partial charge in [-0.1, -0.05) is 0 Å². The monoisotopic (exact) mass is 238 g/mol. The van der Waals surface area contributed by atoms with Crippen LogP contribution in [0, 0.1) is 0 Å². The number of carbonyl (C=O) groups is 1. The van der Waals surface area contributed by atoms with Gasteiger partial charge < -0.3 is 10.2 Å². The minimum atomic E-state index is -3.63. The number of nitrogens with zero attached hydrogens (tertiary/aromatic N) is 1. The molecule has 88 valence electrons. The third kappa shape index (κ3) is 2.88. The Bertz CT molecular complexity index is 350. The zero-order valence-corrected chi connectivity index (χ0v) is 9.12. The lowest BCUT2D eigenvalue weighted by Gasteiger charge is -2.31. The average Bonchev–Trinajstić information content (AvgIpc) is 2.08. The van der Waals surface area contributed by atoms with Gasteiger partial charge in [0.2, 0.25) is 0 Å². The Balaban J connectivity index is 2.77. The first kappa shape index (κ1) is 12.4. The van der Waals surface area contributed by atoms with E-state index in [-0.39, 0.29) is 6.54 Å². The zero-order valence-electron chi connectivity index (χ0n) is 8.30. The number of aliphatic hydroxyl groups is 1. The second-order valence-corrected chi connectivity index (χ2v) is 5.42. The largest absolute Gasteiger partial charge is 0.479 e.